The normalized spacial score (nSPS) is 10.8. The van der Waals surface area contributed by atoms with Crippen molar-refractivity contribution >= 4 is 16.9 Å². The summed E-state index contributed by atoms with van der Waals surface area (Å²) in [5, 5.41) is 0.555. The molecule has 3 aromatic carbocycles. The summed E-state index contributed by atoms with van der Waals surface area (Å²) in [5.41, 5.74) is 1.97. The van der Waals surface area contributed by atoms with Crippen molar-refractivity contribution in [1.82, 2.24) is 9.55 Å². The maximum atomic E-state index is 13.3. The molecule has 0 saturated carbocycles. The minimum Gasteiger partial charge on any atom is -0.493 e. The highest BCUT2D eigenvalue weighted by molar-refractivity contribution is 5.89. The summed E-state index contributed by atoms with van der Waals surface area (Å²) >= 11 is 0. The number of fused-ring (bicyclic) bond motifs is 1. The molecule has 1 heterocycles. The second-order valence-electron chi connectivity index (χ2n) is 7.72. The van der Waals surface area contributed by atoms with Gasteiger partial charge in [-0.25, -0.2) is 9.78 Å². The SMILES string of the molecule is COc1ccc(Cc2nc3ccccc3c(=O)n2CCCOC(=O)c2ccccc2)cc1OC. The lowest BCUT2D eigenvalue weighted by atomic mass is 10.1. The maximum absolute atomic E-state index is 13.3. The maximum Gasteiger partial charge on any atom is 0.338 e. The van der Waals surface area contributed by atoms with Crippen molar-refractivity contribution in [2.75, 3.05) is 20.8 Å². The smallest absolute Gasteiger partial charge is 0.338 e. The summed E-state index contributed by atoms with van der Waals surface area (Å²) in [6.07, 6.45) is 0.918. The van der Waals surface area contributed by atoms with Gasteiger partial charge in [0.25, 0.3) is 5.56 Å². The van der Waals surface area contributed by atoms with Crippen LogP contribution >= 0.6 is 0 Å². The molecule has 0 N–H and O–H groups in total. The monoisotopic (exact) mass is 458 g/mol. The predicted octanol–water partition coefficient (Wildman–Crippen LogP) is 4.25. The highest BCUT2D eigenvalue weighted by Gasteiger charge is 2.14. The summed E-state index contributed by atoms with van der Waals surface area (Å²) in [6.45, 7) is 0.574. The van der Waals surface area contributed by atoms with Gasteiger partial charge in [0.15, 0.2) is 11.5 Å². The lowest BCUT2D eigenvalue weighted by Gasteiger charge is -2.15. The Morgan fingerprint density at radius 3 is 2.41 bits per heavy atom. The summed E-state index contributed by atoms with van der Waals surface area (Å²) < 4.78 is 17.8. The molecule has 34 heavy (non-hydrogen) atoms. The van der Waals surface area contributed by atoms with Gasteiger partial charge in [0.1, 0.15) is 5.82 Å². The molecule has 4 rings (SSSR count). The number of nitrogens with zero attached hydrogens (tertiary/aromatic N) is 2. The van der Waals surface area contributed by atoms with Gasteiger partial charge in [-0.3, -0.25) is 9.36 Å². The van der Waals surface area contributed by atoms with Crippen molar-refractivity contribution in [2.45, 2.75) is 19.4 Å². The highest BCUT2D eigenvalue weighted by atomic mass is 16.5. The molecule has 0 bridgehead atoms. The summed E-state index contributed by atoms with van der Waals surface area (Å²) in [4.78, 5) is 30.3. The summed E-state index contributed by atoms with van der Waals surface area (Å²) in [7, 11) is 3.17. The average molecular weight is 459 g/mol. The van der Waals surface area contributed by atoms with Gasteiger partial charge in [-0.15, -0.1) is 0 Å². The zero-order valence-electron chi connectivity index (χ0n) is 19.2. The second-order valence-corrected chi connectivity index (χ2v) is 7.72. The molecular formula is C27H26N2O5. The van der Waals surface area contributed by atoms with Crippen molar-refractivity contribution < 1.29 is 19.0 Å². The van der Waals surface area contributed by atoms with E-state index in [-0.39, 0.29) is 18.1 Å². The molecule has 7 heteroatoms. The number of ether oxygens (including phenoxy) is 3. The molecule has 0 spiro atoms. The van der Waals surface area contributed by atoms with E-state index in [0.29, 0.717) is 53.2 Å². The lowest BCUT2D eigenvalue weighted by Crippen LogP contribution is -2.26. The fourth-order valence-corrected chi connectivity index (χ4v) is 3.80. The lowest BCUT2D eigenvalue weighted by molar-refractivity contribution is 0.0495. The number of carbonyl (C=O) groups is 1. The van der Waals surface area contributed by atoms with Gasteiger partial charge in [0.05, 0.1) is 37.3 Å². The molecular weight excluding hydrogens is 432 g/mol. The van der Waals surface area contributed by atoms with E-state index in [1.165, 1.54) is 0 Å². The van der Waals surface area contributed by atoms with E-state index in [1.807, 2.05) is 42.5 Å². The first-order chi connectivity index (χ1) is 16.6. The average Bonchev–Trinajstić information content (AvgIpc) is 2.88. The molecule has 0 fully saturated rings. The second kappa shape index (κ2) is 10.7. The van der Waals surface area contributed by atoms with Crippen LogP contribution in [-0.4, -0.2) is 36.3 Å². The molecule has 4 aromatic rings. The van der Waals surface area contributed by atoms with E-state index in [2.05, 4.69) is 0 Å². The van der Waals surface area contributed by atoms with Crippen molar-refractivity contribution in [2.24, 2.45) is 0 Å². The van der Waals surface area contributed by atoms with Gasteiger partial charge < -0.3 is 14.2 Å². The topological polar surface area (TPSA) is 79.6 Å². The van der Waals surface area contributed by atoms with Gasteiger partial charge in [0, 0.05) is 13.0 Å². The van der Waals surface area contributed by atoms with Crippen LogP contribution in [0.25, 0.3) is 10.9 Å². The Hall–Kier alpha value is -4.13. The van der Waals surface area contributed by atoms with Crippen molar-refractivity contribution in [3.05, 3.63) is 100 Å². The highest BCUT2D eigenvalue weighted by Crippen LogP contribution is 2.28. The van der Waals surface area contributed by atoms with E-state index in [4.69, 9.17) is 19.2 Å². The zero-order chi connectivity index (χ0) is 23.9. The number of hydrogen-bond donors (Lipinski definition) is 0. The summed E-state index contributed by atoms with van der Waals surface area (Å²) in [5.74, 6) is 1.50. The zero-order valence-corrected chi connectivity index (χ0v) is 19.2. The third kappa shape index (κ3) is 5.09. The van der Waals surface area contributed by atoms with Crippen LogP contribution in [0.1, 0.15) is 28.2 Å². The van der Waals surface area contributed by atoms with Gasteiger partial charge in [-0.1, -0.05) is 36.4 Å². The fraction of sp³-hybridized carbons (Fsp3) is 0.222. The number of carbonyl (C=O) groups excluding carboxylic acids is 1. The first-order valence-corrected chi connectivity index (χ1v) is 11.0. The molecule has 1 aromatic heterocycles. The largest absolute Gasteiger partial charge is 0.493 e. The quantitative estimate of drug-likeness (QED) is 0.276. The number of esters is 1. The third-order valence-electron chi connectivity index (χ3n) is 5.52. The van der Waals surface area contributed by atoms with Gasteiger partial charge in [-0.05, 0) is 48.4 Å². The predicted molar refractivity (Wildman–Crippen MR) is 130 cm³/mol. The molecule has 0 saturated heterocycles. The van der Waals surface area contributed by atoms with E-state index >= 15 is 0 Å². The molecule has 0 unspecified atom stereocenters. The van der Waals surface area contributed by atoms with Crippen LogP contribution in [0.3, 0.4) is 0 Å². The molecule has 0 aliphatic heterocycles. The Morgan fingerprint density at radius 2 is 1.65 bits per heavy atom. The van der Waals surface area contributed by atoms with E-state index in [1.54, 1.807) is 49.1 Å². The van der Waals surface area contributed by atoms with Crippen LogP contribution in [-0.2, 0) is 17.7 Å². The number of para-hydroxylation sites is 1. The molecule has 0 amide bonds. The van der Waals surface area contributed by atoms with Crippen LogP contribution in [0.4, 0.5) is 0 Å². The Labute approximate surface area is 197 Å². The van der Waals surface area contributed by atoms with Crippen LogP contribution in [0, 0.1) is 0 Å². The Bertz CT molecular complexity index is 1350. The first kappa shape index (κ1) is 23.0. The Kier molecular flexibility index (Phi) is 7.22. The molecule has 0 aliphatic rings. The van der Waals surface area contributed by atoms with Crippen LogP contribution in [0.2, 0.25) is 0 Å². The number of hydrogen-bond acceptors (Lipinski definition) is 6. The van der Waals surface area contributed by atoms with Gasteiger partial charge in [-0.2, -0.15) is 0 Å². The minimum absolute atomic E-state index is 0.115. The Balaban J connectivity index is 1.56. The van der Waals surface area contributed by atoms with Crippen LogP contribution < -0.4 is 15.0 Å². The fourth-order valence-electron chi connectivity index (χ4n) is 3.80. The van der Waals surface area contributed by atoms with Crippen LogP contribution in [0.15, 0.2) is 77.6 Å². The number of rotatable bonds is 9. The van der Waals surface area contributed by atoms with Crippen molar-refractivity contribution in [1.29, 1.82) is 0 Å². The van der Waals surface area contributed by atoms with Crippen molar-refractivity contribution in [3.63, 3.8) is 0 Å². The summed E-state index contributed by atoms with van der Waals surface area (Å²) in [6, 6.07) is 21.8. The number of aromatic nitrogens is 2. The van der Waals surface area contributed by atoms with Gasteiger partial charge >= 0.3 is 5.97 Å². The van der Waals surface area contributed by atoms with E-state index in [0.717, 1.165) is 5.56 Å². The molecule has 174 valence electrons. The number of methoxy groups -OCH3 is 2. The minimum atomic E-state index is -0.380. The van der Waals surface area contributed by atoms with Crippen LogP contribution in [0.5, 0.6) is 11.5 Å². The van der Waals surface area contributed by atoms with E-state index in [9.17, 15) is 9.59 Å². The standard InChI is InChI=1S/C27H26N2O5/c1-32-23-14-13-19(17-24(23)33-2)18-25-28-22-12-7-6-11-21(22)26(30)29(25)15-8-16-34-27(31)20-9-4-3-5-10-20/h3-7,9-14,17H,8,15-16,18H2,1-2H3. The number of benzene rings is 3. The first-order valence-electron chi connectivity index (χ1n) is 11.0. The molecule has 0 radical (unpaired) electrons. The van der Waals surface area contributed by atoms with Gasteiger partial charge in [0.2, 0.25) is 0 Å². The molecule has 7 nitrogen and oxygen atoms in total. The Morgan fingerprint density at radius 1 is 0.912 bits per heavy atom. The molecule has 0 atom stereocenters. The molecule has 0 aliphatic carbocycles. The van der Waals surface area contributed by atoms with Crippen molar-refractivity contribution in [3.8, 4) is 11.5 Å². The third-order valence-corrected chi connectivity index (χ3v) is 5.52. The van der Waals surface area contributed by atoms with E-state index < -0.39 is 0 Å².